The summed E-state index contributed by atoms with van der Waals surface area (Å²) >= 11 is 0. The van der Waals surface area contributed by atoms with Crippen molar-refractivity contribution in [3.05, 3.63) is 102 Å². The van der Waals surface area contributed by atoms with Gasteiger partial charge in [-0.2, -0.15) is 0 Å². The molecule has 0 spiro atoms. The van der Waals surface area contributed by atoms with Gasteiger partial charge in [0.1, 0.15) is 5.54 Å². The van der Waals surface area contributed by atoms with Gasteiger partial charge in [-0.25, -0.2) is 0 Å². The monoisotopic (exact) mass is 302 g/mol. The molecule has 0 atom stereocenters. The van der Waals surface area contributed by atoms with E-state index in [0.717, 1.165) is 16.7 Å². The van der Waals surface area contributed by atoms with Crippen molar-refractivity contribution < 1.29 is 4.79 Å². The van der Waals surface area contributed by atoms with E-state index in [1.807, 2.05) is 72.8 Å². The van der Waals surface area contributed by atoms with Gasteiger partial charge < -0.3 is 5.32 Å². The van der Waals surface area contributed by atoms with Crippen LogP contribution in [0.4, 0.5) is 0 Å². The lowest BCUT2D eigenvalue weighted by atomic mass is 9.77. The predicted octanol–water partition coefficient (Wildman–Crippen LogP) is 3.51. The van der Waals surface area contributed by atoms with Gasteiger partial charge in [0.05, 0.1) is 0 Å². The van der Waals surface area contributed by atoms with Crippen LogP contribution in [-0.4, -0.2) is 10.9 Å². The van der Waals surface area contributed by atoms with Crippen molar-refractivity contribution in [2.24, 2.45) is 0 Å². The second-order valence-electron chi connectivity index (χ2n) is 5.40. The van der Waals surface area contributed by atoms with Gasteiger partial charge in [0.2, 0.25) is 5.91 Å². The Morgan fingerprint density at radius 3 is 1.65 bits per heavy atom. The van der Waals surface area contributed by atoms with Crippen LogP contribution in [0.15, 0.2) is 85.2 Å². The molecular weight excluding hydrogens is 284 g/mol. The average molecular weight is 302 g/mol. The quantitative estimate of drug-likeness (QED) is 0.801. The standard InChI is InChI=1S/C20H18N2O/c1-16(23)22-20(17-8-4-2-5-9-17,18-10-6-3-7-11-18)19-12-14-21-15-13-19/h2-15H,1H3,(H,22,23). The maximum absolute atomic E-state index is 12.1. The smallest absolute Gasteiger partial charge is 0.218 e. The van der Waals surface area contributed by atoms with E-state index < -0.39 is 5.54 Å². The summed E-state index contributed by atoms with van der Waals surface area (Å²) in [6.45, 7) is 1.54. The van der Waals surface area contributed by atoms with E-state index in [0.29, 0.717) is 0 Å². The van der Waals surface area contributed by atoms with Crippen LogP contribution in [-0.2, 0) is 10.3 Å². The maximum Gasteiger partial charge on any atom is 0.218 e. The number of aromatic nitrogens is 1. The van der Waals surface area contributed by atoms with Crippen molar-refractivity contribution in [1.82, 2.24) is 10.3 Å². The number of carbonyl (C=O) groups is 1. The second-order valence-corrected chi connectivity index (χ2v) is 5.40. The van der Waals surface area contributed by atoms with E-state index in [-0.39, 0.29) is 5.91 Å². The minimum absolute atomic E-state index is 0.0884. The van der Waals surface area contributed by atoms with E-state index in [1.165, 1.54) is 0 Å². The zero-order chi connectivity index (χ0) is 16.1. The van der Waals surface area contributed by atoms with Crippen LogP contribution in [0.3, 0.4) is 0 Å². The highest BCUT2D eigenvalue weighted by molar-refractivity contribution is 5.76. The fourth-order valence-electron chi connectivity index (χ4n) is 2.96. The summed E-state index contributed by atoms with van der Waals surface area (Å²) in [4.78, 5) is 16.2. The molecule has 3 heteroatoms. The van der Waals surface area contributed by atoms with Gasteiger partial charge in [-0.1, -0.05) is 60.7 Å². The molecular formula is C20H18N2O. The third kappa shape index (κ3) is 2.86. The number of hydrogen-bond acceptors (Lipinski definition) is 2. The molecule has 0 aliphatic rings. The van der Waals surface area contributed by atoms with Crippen LogP contribution >= 0.6 is 0 Å². The van der Waals surface area contributed by atoms with Crippen molar-refractivity contribution in [3.63, 3.8) is 0 Å². The van der Waals surface area contributed by atoms with E-state index in [4.69, 9.17) is 0 Å². The van der Waals surface area contributed by atoms with Gasteiger partial charge >= 0.3 is 0 Å². The zero-order valence-corrected chi connectivity index (χ0v) is 12.9. The molecule has 0 fully saturated rings. The number of nitrogens with zero attached hydrogens (tertiary/aromatic N) is 1. The van der Waals surface area contributed by atoms with Crippen molar-refractivity contribution in [1.29, 1.82) is 0 Å². The number of nitrogens with one attached hydrogen (secondary N) is 1. The van der Waals surface area contributed by atoms with E-state index >= 15 is 0 Å². The van der Waals surface area contributed by atoms with Gasteiger partial charge in [-0.05, 0) is 28.8 Å². The van der Waals surface area contributed by atoms with E-state index in [2.05, 4.69) is 10.3 Å². The van der Waals surface area contributed by atoms with Crippen molar-refractivity contribution >= 4 is 5.91 Å². The number of amides is 1. The lowest BCUT2D eigenvalue weighted by Gasteiger charge is -2.36. The molecule has 3 aromatic rings. The average Bonchev–Trinajstić information content (AvgIpc) is 2.62. The number of hydrogen-bond donors (Lipinski definition) is 1. The Bertz CT molecular complexity index is 674. The van der Waals surface area contributed by atoms with Crippen LogP contribution in [0.2, 0.25) is 0 Å². The topological polar surface area (TPSA) is 42.0 Å². The van der Waals surface area contributed by atoms with Crippen LogP contribution < -0.4 is 5.32 Å². The van der Waals surface area contributed by atoms with Gasteiger partial charge in [-0.15, -0.1) is 0 Å². The van der Waals surface area contributed by atoms with Crippen molar-refractivity contribution in [2.75, 3.05) is 0 Å². The lowest BCUT2D eigenvalue weighted by Crippen LogP contribution is -2.46. The third-order valence-corrected chi connectivity index (χ3v) is 3.89. The zero-order valence-electron chi connectivity index (χ0n) is 12.9. The van der Waals surface area contributed by atoms with Crippen LogP contribution in [0.1, 0.15) is 23.6 Å². The highest BCUT2D eigenvalue weighted by Gasteiger charge is 2.36. The molecule has 1 amide bonds. The molecule has 3 nitrogen and oxygen atoms in total. The Morgan fingerprint density at radius 2 is 1.22 bits per heavy atom. The number of rotatable bonds is 4. The highest BCUT2D eigenvalue weighted by atomic mass is 16.1. The molecule has 1 heterocycles. The summed E-state index contributed by atoms with van der Waals surface area (Å²) in [7, 11) is 0. The van der Waals surface area contributed by atoms with E-state index in [1.54, 1.807) is 19.3 Å². The van der Waals surface area contributed by atoms with Crippen molar-refractivity contribution in [2.45, 2.75) is 12.5 Å². The van der Waals surface area contributed by atoms with Gasteiger partial charge in [0, 0.05) is 19.3 Å². The normalized spacial score (nSPS) is 11.0. The molecule has 23 heavy (non-hydrogen) atoms. The second kappa shape index (κ2) is 6.44. The number of carbonyl (C=O) groups excluding carboxylic acids is 1. The first kappa shape index (κ1) is 15.0. The number of benzene rings is 2. The highest BCUT2D eigenvalue weighted by Crippen LogP contribution is 2.36. The largest absolute Gasteiger partial charge is 0.339 e. The molecule has 0 unspecified atom stereocenters. The Balaban J connectivity index is 2.32. The molecule has 0 saturated heterocycles. The Labute approximate surface area is 136 Å². The fourth-order valence-corrected chi connectivity index (χ4v) is 2.96. The summed E-state index contributed by atoms with van der Waals surface area (Å²) in [5.41, 5.74) is 2.25. The minimum Gasteiger partial charge on any atom is -0.339 e. The summed E-state index contributed by atoms with van der Waals surface area (Å²) in [5.74, 6) is -0.0884. The first-order valence-electron chi connectivity index (χ1n) is 7.54. The summed E-state index contributed by atoms with van der Waals surface area (Å²) in [6.07, 6.45) is 3.50. The first-order chi connectivity index (χ1) is 11.2. The lowest BCUT2D eigenvalue weighted by molar-refractivity contribution is -0.120. The number of pyridine rings is 1. The Hall–Kier alpha value is -2.94. The van der Waals surface area contributed by atoms with Crippen molar-refractivity contribution in [3.8, 4) is 0 Å². The first-order valence-corrected chi connectivity index (χ1v) is 7.54. The van der Waals surface area contributed by atoms with E-state index in [9.17, 15) is 4.79 Å². The molecule has 1 N–H and O–H groups in total. The minimum atomic E-state index is -0.739. The molecule has 114 valence electrons. The predicted molar refractivity (Wildman–Crippen MR) is 90.8 cm³/mol. The third-order valence-electron chi connectivity index (χ3n) is 3.89. The van der Waals surface area contributed by atoms with Crippen LogP contribution in [0, 0.1) is 0 Å². The Morgan fingerprint density at radius 1 is 0.783 bits per heavy atom. The molecule has 0 bridgehead atoms. The molecule has 0 radical (unpaired) electrons. The van der Waals surface area contributed by atoms with Crippen LogP contribution in [0.25, 0.3) is 0 Å². The van der Waals surface area contributed by atoms with Gasteiger partial charge in [0.25, 0.3) is 0 Å². The molecule has 2 aromatic carbocycles. The fraction of sp³-hybridized carbons (Fsp3) is 0.100. The SMILES string of the molecule is CC(=O)NC(c1ccccc1)(c1ccccc1)c1ccncc1. The summed E-state index contributed by atoms with van der Waals surface area (Å²) < 4.78 is 0. The molecule has 0 saturated carbocycles. The Kier molecular flexibility index (Phi) is 4.20. The van der Waals surface area contributed by atoms with Gasteiger partial charge in [-0.3, -0.25) is 9.78 Å². The maximum atomic E-state index is 12.1. The summed E-state index contributed by atoms with van der Waals surface area (Å²) in [5, 5.41) is 3.18. The summed E-state index contributed by atoms with van der Waals surface area (Å²) in [6, 6.07) is 23.9. The molecule has 0 aliphatic heterocycles. The molecule has 3 rings (SSSR count). The van der Waals surface area contributed by atoms with Gasteiger partial charge in [0.15, 0.2) is 0 Å². The molecule has 1 aromatic heterocycles. The molecule has 0 aliphatic carbocycles. The van der Waals surface area contributed by atoms with Crippen LogP contribution in [0.5, 0.6) is 0 Å².